The van der Waals surface area contributed by atoms with Gasteiger partial charge in [0.1, 0.15) is 5.69 Å². The van der Waals surface area contributed by atoms with Crippen LogP contribution in [-0.4, -0.2) is 53.0 Å². The Morgan fingerprint density at radius 3 is 2.52 bits per heavy atom. The number of halogens is 1. The quantitative estimate of drug-likeness (QED) is 0.686. The van der Waals surface area contributed by atoms with Crippen LogP contribution < -0.4 is 4.90 Å². The van der Waals surface area contributed by atoms with Crippen molar-refractivity contribution in [1.82, 2.24) is 9.88 Å². The summed E-state index contributed by atoms with van der Waals surface area (Å²) in [7, 11) is 0. The van der Waals surface area contributed by atoms with E-state index in [1.165, 1.54) is 11.3 Å². The van der Waals surface area contributed by atoms with Crippen molar-refractivity contribution in [2.45, 2.75) is 13.3 Å². The van der Waals surface area contributed by atoms with Crippen molar-refractivity contribution in [3.63, 3.8) is 0 Å². The molecule has 2 N–H and O–H groups in total. The number of nitrogens with one attached hydrogen (secondary N) is 1. The highest BCUT2D eigenvalue weighted by Crippen LogP contribution is 2.27. The van der Waals surface area contributed by atoms with Crippen LogP contribution in [0.5, 0.6) is 0 Å². The number of benzene rings is 2. The SMILES string of the molecule is Cc1ccccc1N1CCN(C(=O)Cc2c(C(=O)O)[nH]c3ccc(Cl)cc23)CC1. The maximum atomic E-state index is 12.9. The fourth-order valence-corrected chi connectivity index (χ4v) is 4.14. The molecule has 0 atom stereocenters. The van der Waals surface area contributed by atoms with Crippen molar-refractivity contribution < 1.29 is 14.7 Å². The molecular weight excluding hydrogens is 390 g/mol. The van der Waals surface area contributed by atoms with Gasteiger partial charge in [-0.3, -0.25) is 4.79 Å². The number of aromatic carboxylic acids is 1. The van der Waals surface area contributed by atoms with Crippen LogP contribution in [-0.2, 0) is 11.2 Å². The molecular formula is C22H22ClN3O3. The number of carbonyl (C=O) groups is 2. The molecule has 0 spiro atoms. The van der Waals surface area contributed by atoms with Gasteiger partial charge in [-0.05, 0) is 36.8 Å². The van der Waals surface area contributed by atoms with Gasteiger partial charge in [0.05, 0.1) is 6.42 Å². The lowest BCUT2D eigenvalue weighted by Gasteiger charge is -2.37. The number of hydrogen-bond acceptors (Lipinski definition) is 3. The number of carbonyl (C=O) groups excluding carboxylic acids is 1. The topological polar surface area (TPSA) is 76.6 Å². The van der Waals surface area contributed by atoms with Crippen molar-refractivity contribution in [3.05, 3.63) is 64.3 Å². The van der Waals surface area contributed by atoms with Crippen LogP contribution in [0.4, 0.5) is 5.69 Å². The molecule has 0 radical (unpaired) electrons. The second kappa shape index (κ2) is 7.79. The maximum absolute atomic E-state index is 12.9. The van der Waals surface area contributed by atoms with Gasteiger partial charge in [0.15, 0.2) is 0 Å². The summed E-state index contributed by atoms with van der Waals surface area (Å²) in [6.45, 7) is 4.81. The Morgan fingerprint density at radius 2 is 1.83 bits per heavy atom. The molecule has 29 heavy (non-hydrogen) atoms. The van der Waals surface area contributed by atoms with Gasteiger partial charge in [-0.25, -0.2) is 4.79 Å². The first kappa shape index (κ1) is 19.3. The standard InChI is InChI=1S/C22H22ClN3O3/c1-14-4-2-3-5-19(14)25-8-10-26(11-9-25)20(27)13-17-16-12-15(23)6-7-18(16)24-21(17)22(28)29/h2-7,12,24H,8-11,13H2,1H3,(H,28,29). The highest BCUT2D eigenvalue weighted by atomic mass is 35.5. The summed E-state index contributed by atoms with van der Waals surface area (Å²) in [6, 6.07) is 13.4. The molecule has 1 aliphatic heterocycles. The van der Waals surface area contributed by atoms with Crippen LogP contribution in [0.1, 0.15) is 21.6 Å². The van der Waals surface area contributed by atoms with Crippen molar-refractivity contribution in [2.75, 3.05) is 31.1 Å². The van der Waals surface area contributed by atoms with Crippen LogP contribution in [0.15, 0.2) is 42.5 Å². The number of hydrogen-bond donors (Lipinski definition) is 2. The third-order valence-electron chi connectivity index (χ3n) is 5.50. The second-order valence-corrected chi connectivity index (χ2v) is 7.74. The fraction of sp³-hybridized carbons (Fsp3) is 0.273. The summed E-state index contributed by atoms with van der Waals surface area (Å²) < 4.78 is 0. The number of para-hydroxylation sites is 1. The van der Waals surface area contributed by atoms with Crippen LogP contribution in [0.3, 0.4) is 0 Å². The molecule has 0 bridgehead atoms. The maximum Gasteiger partial charge on any atom is 0.352 e. The highest BCUT2D eigenvalue weighted by molar-refractivity contribution is 6.31. The number of nitrogens with zero attached hydrogens (tertiary/aromatic N) is 2. The van der Waals surface area contributed by atoms with E-state index in [1.807, 2.05) is 17.0 Å². The number of carboxylic acid groups (broad SMARTS) is 1. The first-order chi connectivity index (χ1) is 13.9. The molecule has 1 saturated heterocycles. The number of carboxylic acids is 1. The van der Waals surface area contributed by atoms with E-state index in [0.717, 1.165) is 13.1 Å². The lowest BCUT2D eigenvalue weighted by Crippen LogP contribution is -2.49. The third kappa shape index (κ3) is 3.80. The van der Waals surface area contributed by atoms with Crippen molar-refractivity contribution >= 4 is 40.1 Å². The Labute approximate surface area is 173 Å². The fourth-order valence-electron chi connectivity index (χ4n) is 3.96. The number of piperazine rings is 1. The first-order valence-electron chi connectivity index (χ1n) is 9.56. The van der Waals surface area contributed by atoms with Gasteiger partial charge in [0.25, 0.3) is 0 Å². The average Bonchev–Trinajstić information content (AvgIpc) is 3.06. The number of aromatic amines is 1. The predicted molar refractivity (Wildman–Crippen MR) is 114 cm³/mol. The zero-order valence-corrected chi connectivity index (χ0v) is 16.9. The predicted octanol–water partition coefficient (Wildman–Crippen LogP) is 3.72. The lowest BCUT2D eigenvalue weighted by molar-refractivity contribution is -0.130. The summed E-state index contributed by atoms with van der Waals surface area (Å²) >= 11 is 6.09. The molecule has 1 amide bonds. The van der Waals surface area contributed by atoms with Crippen LogP contribution in [0.25, 0.3) is 10.9 Å². The van der Waals surface area contributed by atoms with Crippen LogP contribution in [0, 0.1) is 6.92 Å². The number of anilines is 1. The number of fused-ring (bicyclic) bond motifs is 1. The van der Waals surface area contributed by atoms with E-state index >= 15 is 0 Å². The molecule has 3 aromatic rings. The Balaban J connectivity index is 1.51. The Hall–Kier alpha value is -2.99. The van der Waals surface area contributed by atoms with Gasteiger partial charge >= 0.3 is 5.97 Å². The molecule has 1 aromatic heterocycles. The minimum Gasteiger partial charge on any atom is -0.477 e. The monoisotopic (exact) mass is 411 g/mol. The van der Waals surface area contributed by atoms with Gasteiger partial charge < -0.3 is 19.9 Å². The number of amides is 1. The van der Waals surface area contributed by atoms with Gasteiger partial charge in [0.2, 0.25) is 5.91 Å². The first-order valence-corrected chi connectivity index (χ1v) is 9.93. The van der Waals surface area contributed by atoms with Gasteiger partial charge in [0, 0.05) is 53.4 Å². The molecule has 0 aliphatic carbocycles. The van der Waals surface area contributed by atoms with Crippen molar-refractivity contribution in [2.24, 2.45) is 0 Å². The largest absolute Gasteiger partial charge is 0.477 e. The summed E-state index contributed by atoms with van der Waals surface area (Å²) in [5, 5.41) is 10.7. The smallest absolute Gasteiger partial charge is 0.352 e. The molecule has 0 saturated carbocycles. The third-order valence-corrected chi connectivity index (χ3v) is 5.73. The van der Waals surface area contributed by atoms with E-state index < -0.39 is 5.97 Å². The number of aryl methyl sites for hydroxylation is 1. The lowest BCUT2D eigenvalue weighted by atomic mass is 10.1. The van der Waals surface area contributed by atoms with Crippen LogP contribution >= 0.6 is 11.6 Å². The highest BCUT2D eigenvalue weighted by Gasteiger charge is 2.25. The van der Waals surface area contributed by atoms with Crippen molar-refractivity contribution in [1.29, 1.82) is 0 Å². The van der Waals surface area contributed by atoms with E-state index in [9.17, 15) is 14.7 Å². The average molecular weight is 412 g/mol. The summed E-state index contributed by atoms with van der Waals surface area (Å²) in [5.41, 5.74) is 3.61. The number of rotatable bonds is 4. The van der Waals surface area contributed by atoms with E-state index in [4.69, 9.17) is 11.6 Å². The summed E-state index contributed by atoms with van der Waals surface area (Å²) in [4.78, 5) is 31.6. The second-order valence-electron chi connectivity index (χ2n) is 7.30. The molecule has 2 heterocycles. The number of H-pyrrole nitrogens is 1. The minimum absolute atomic E-state index is 0.0341. The van der Waals surface area contributed by atoms with E-state index in [1.54, 1.807) is 18.2 Å². The van der Waals surface area contributed by atoms with Gasteiger partial charge in [-0.15, -0.1) is 0 Å². The zero-order chi connectivity index (χ0) is 20.5. The van der Waals surface area contributed by atoms with Gasteiger partial charge in [-0.2, -0.15) is 0 Å². The molecule has 1 aliphatic rings. The number of aromatic nitrogens is 1. The molecule has 1 fully saturated rings. The molecule has 150 valence electrons. The summed E-state index contributed by atoms with van der Waals surface area (Å²) in [5.74, 6) is -1.15. The molecule has 2 aromatic carbocycles. The molecule has 4 rings (SSSR count). The van der Waals surface area contributed by atoms with E-state index in [0.29, 0.717) is 34.6 Å². The van der Waals surface area contributed by atoms with Crippen molar-refractivity contribution in [3.8, 4) is 0 Å². The Bertz CT molecular complexity index is 1080. The Morgan fingerprint density at radius 1 is 1.10 bits per heavy atom. The van der Waals surface area contributed by atoms with E-state index in [-0.39, 0.29) is 18.0 Å². The molecule has 7 heteroatoms. The zero-order valence-electron chi connectivity index (χ0n) is 16.1. The minimum atomic E-state index is -1.08. The normalized spacial score (nSPS) is 14.4. The Kier molecular flexibility index (Phi) is 5.20. The van der Waals surface area contributed by atoms with Crippen LogP contribution in [0.2, 0.25) is 5.02 Å². The van der Waals surface area contributed by atoms with E-state index in [2.05, 4.69) is 28.9 Å². The molecule has 0 unspecified atom stereocenters. The molecule has 6 nitrogen and oxygen atoms in total. The van der Waals surface area contributed by atoms with Gasteiger partial charge in [-0.1, -0.05) is 29.8 Å². The summed E-state index contributed by atoms with van der Waals surface area (Å²) in [6.07, 6.45) is 0.0341.